The molecule has 3 aromatic rings. The van der Waals surface area contributed by atoms with Gasteiger partial charge in [0, 0.05) is 43.1 Å². The molecule has 0 saturated heterocycles. The van der Waals surface area contributed by atoms with Crippen LogP contribution in [0.15, 0.2) is 36.7 Å². The fraction of sp³-hybridized carbons (Fsp3) is 0.188. The smallest absolute Gasteiger partial charge is 0.303 e. The maximum atomic E-state index is 13.6. The Kier molecular flexibility index (Phi) is 4.01. The number of hydrogen-bond acceptors (Lipinski definition) is 3. The van der Waals surface area contributed by atoms with Gasteiger partial charge in [0.1, 0.15) is 5.82 Å². The highest BCUT2D eigenvalue weighted by atomic mass is 19.2. The molecule has 0 aliphatic heterocycles. The van der Waals surface area contributed by atoms with Crippen molar-refractivity contribution in [3.8, 4) is 11.4 Å². The lowest BCUT2D eigenvalue weighted by atomic mass is 10.2. The van der Waals surface area contributed by atoms with Gasteiger partial charge in [0.05, 0.1) is 11.0 Å². The number of fused-ring (bicyclic) bond motifs is 1. The van der Waals surface area contributed by atoms with Crippen LogP contribution >= 0.6 is 0 Å². The van der Waals surface area contributed by atoms with Crippen LogP contribution in [-0.4, -0.2) is 25.6 Å². The van der Waals surface area contributed by atoms with E-state index >= 15 is 0 Å². The van der Waals surface area contributed by atoms with Crippen molar-refractivity contribution in [2.45, 2.75) is 19.4 Å². The van der Waals surface area contributed by atoms with Gasteiger partial charge in [-0.2, -0.15) is 0 Å². The Bertz CT molecular complexity index is 863. The van der Waals surface area contributed by atoms with Crippen LogP contribution in [0.5, 0.6) is 0 Å². The van der Waals surface area contributed by atoms with E-state index in [1.807, 2.05) is 0 Å². The standard InChI is InChI=1S/C16H13F2N3O2/c17-11-7-13-14(8-12(11)18)21(6-2-4-15(22)23)16(20-13)10-3-1-5-19-9-10/h1,3,5,7-9H,2,4,6H2,(H,22,23). The van der Waals surface area contributed by atoms with Crippen LogP contribution in [0.2, 0.25) is 0 Å². The molecule has 1 aromatic carbocycles. The molecule has 0 aliphatic carbocycles. The van der Waals surface area contributed by atoms with Crippen LogP contribution < -0.4 is 0 Å². The second-order valence-electron chi connectivity index (χ2n) is 5.08. The third-order valence-corrected chi connectivity index (χ3v) is 3.48. The second kappa shape index (κ2) is 6.12. The van der Waals surface area contributed by atoms with Crippen LogP contribution in [0.25, 0.3) is 22.4 Å². The number of aromatic nitrogens is 3. The summed E-state index contributed by atoms with van der Waals surface area (Å²) in [6.45, 7) is 0.331. The highest BCUT2D eigenvalue weighted by Crippen LogP contribution is 2.26. The van der Waals surface area contributed by atoms with Gasteiger partial charge in [-0.3, -0.25) is 9.78 Å². The van der Waals surface area contributed by atoms with Crippen molar-refractivity contribution in [1.29, 1.82) is 0 Å². The van der Waals surface area contributed by atoms with E-state index in [1.165, 1.54) is 0 Å². The average Bonchev–Trinajstić information content (AvgIpc) is 2.86. The Morgan fingerprint density at radius 3 is 2.74 bits per heavy atom. The first-order valence-electron chi connectivity index (χ1n) is 7.04. The third kappa shape index (κ3) is 3.03. The van der Waals surface area contributed by atoms with Crippen LogP contribution in [0.3, 0.4) is 0 Å². The van der Waals surface area contributed by atoms with Crippen molar-refractivity contribution in [1.82, 2.24) is 14.5 Å². The van der Waals surface area contributed by atoms with Gasteiger partial charge in [-0.15, -0.1) is 0 Å². The summed E-state index contributed by atoms with van der Waals surface area (Å²) in [5.41, 5.74) is 1.44. The number of nitrogens with zero attached hydrogens (tertiary/aromatic N) is 3. The zero-order chi connectivity index (χ0) is 16.4. The summed E-state index contributed by atoms with van der Waals surface area (Å²) in [4.78, 5) is 19.1. The number of carboxylic acids is 1. The quantitative estimate of drug-likeness (QED) is 0.784. The lowest BCUT2D eigenvalue weighted by molar-refractivity contribution is -0.137. The summed E-state index contributed by atoms with van der Waals surface area (Å²) in [6, 6.07) is 5.64. The van der Waals surface area contributed by atoms with E-state index in [-0.39, 0.29) is 6.42 Å². The average molecular weight is 317 g/mol. The van der Waals surface area contributed by atoms with Crippen LogP contribution in [-0.2, 0) is 11.3 Å². The van der Waals surface area contributed by atoms with Gasteiger partial charge in [-0.1, -0.05) is 0 Å². The summed E-state index contributed by atoms with van der Waals surface area (Å²) >= 11 is 0. The van der Waals surface area contributed by atoms with E-state index < -0.39 is 17.6 Å². The van der Waals surface area contributed by atoms with Gasteiger partial charge >= 0.3 is 5.97 Å². The van der Waals surface area contributed by atoms with E-state index in [1.54, 1.807) is 29.1 Å². The third-order valence-electron chi connectivity index (χ3n) is 3.48. The molecule has 2 heterocycles. The van der Waals surface area contributed by atoms with Crippen LogP contribution in [0, 0.1) is 11.6 Å². The number of pyridine rings is 1. The summed E-state index contributed by atoms with van der Waals surface area (Å²) in [5.74, 6) is -2.34. The van der Waals surface area contributed by atoms with Crippen molar-refractivity contribution in [3.05, 3.63) is 48.3 Å². The number of aliphatic carboxylic acids is 1. The predicted octanol–water partition coefficient (Wildman–Crippen LogP) is 3.24. The predicted molar refractivity (Wildman–Crippen MR) is 79.7 cm³/mol. The molecule has 0 aliphatic rings. The monoisotopic (exact) mass is 317 g/mol. The fourth-order valence-electron chi connectivity index (χ4n) is 2.45. The molecule has 0 fully saturated rings. The Morgan fingerprint density at radius 1 is 1.26 bits per heavy atom. The van der Waals surface area contributed by atoms with Gasteiger partial charge < -0.3 is 9.67 Å². The molecule has 3 rings (SSSR count). The lowest BCUT2D eigenvalue weighted by Gasteiger charge is -2.08. The van der Waals surface area contributed by atoms with Gasteiger partial charge in [0.15, 0.2) is 11.6 Å². The second-order valence-corrected chi connectivity index (χ2v) is 5.08. The number of carboxylic acid groups (broad SMARTS) is 1. The highest BCUT2D eigenvalue weighted by Gasteiger charge is 2.16. The largest absolute Gasteiger partial charge is 0.481 e. The molecule has 2 aromatic heterocycles. The van der Waals surface area contributed by atoms with Crippen molar-refractivity contribution in [2.75, 3.05) is 0 Å². The Balaban J connectivity index is 2.11. The first-order valence-corrected chi connectivity index (χ1v) is 7.04. The highest BCUT2D eigenvalue weighted by molar-refractivity contribution is 5.80. The van der Waals surface area contributed by atoms with Gasteiger partial charge in [0.25, 0.3) is 0 Å². The van der Waals surface area contributed by atoms with Gasteiger partial charge in [-0.05, 0) is 18.6 Å². The van der Waals surface area contributed by atoms with E-state index in [4.69, 9.17) is 5.11 Å². The lowest BCUT2D eigenvalue weighted by Crippen LogP contribution is -2.04. The summed E-state index contributed by atoms with van der Waals surface area (Å²) < 4.78 is 28.7. The van der Waals surface area contributed by atoms with E-state index in [9.17, 15) is 13.6 Å². The molecule has 0 atom stereocenters. The number of imidazole rings is 1. The molecule has 0 radical (unpaired) electrons. The minimum absolute atomic E-state index is 0.0180. The van der Waals surface area contributed by atoms with Crippen molar-refractivity contribution in [2.24, 2.45) is 0 Å². The van der Waals surface area contributed by atoms with E-state index in [0.717, 1.165) is 12.1 Å². The topological polar surface area (TPSA) is 68.0 Å². The Morgan fingerprint density at radius 2 is 2.04 bits per heavy atom. The molecule has 7 heteroatoms. The molecule has 23 heavy (non-hydrogen) atoms. The Labute approximate surface area is 130 Å². The fourth-order valence-corrected chi connectivity index (χ4v) is 2.45. The zero-order valence-electron chi connectivity index (χ0n) is 12.0. The molecule has 1 N–H and O–H groups in total. The molecular formula is C16H13F2N3O2. The van der Waals surface area contributed by atoms with Crippen molar-refractivity contribution in [3.63, 3.8) is 0 Å². The normalized spacial score (nSPS) is 11.0. The number of benzene rings is 1. The number of carbonyl (C=O) groups is 1. The minimum Gasteiger partial charge on any atom is -0.481 e. The minimum atomic E-state index is -0.967. The zero-order valence-corrected chi connectivity index (χ0v) is 12.0. The maximum Gasteiger partial charge on any atom is 0.303 e. The van der Waals surface area contributed by atoms with Gasteiger partial charge in [-0.25, -0.2) is 13.8 Å². The van der Waals surface area contributed by atoms with Crippen LogP contribution in [0.4, 0.5) is 8.78 Å². The van der Waals surface area contributed by atoms with Crippen molar-refractivity contribution < 1.29 is 18.7 Å². The molecule has 0 bridgehead atoms. The summed E-state index contributed by atoms with van der Waals surface area (Å²) in [6.07, 6.45) is 3.55. The number of hydrogen-bond donors (Lipinski definition) is 1. The number of aryl methyl sites for hydroxylation is 1. The first kappa shape index (κ1) is 15.1. The molecule has 0 amide bonds. The summed E-state index contributed by atoms with van der Waals surface area (Å²) in [7, 11) is 0. The molecule has 0 saturated carbocycles. The molecule has 5 nitrogen and oxygen atoms in total. The van der Waals surface area contributed by atoms with E-state index in [0.29, 0.717) is 35.4 Å². The van der Waals surface area contributed by atoms with Gasteiger partial charge in [0.2, 0.25) is 0 Å². The molecule has 0 spiro atoms. The van der Waals surface area contributed by atoms with Crippen LogP contribution in [0.1, 0.15) is 12.8 Å². The van der Waals surface area contributed by atoms with Crippen molar-refractivity contribution >= 4 is 17.0 Å². The SMILES string of the molecule is O=C(O)CCCn1c(-c2cccnc2)nc2cc(F)c(F)cc21. The molecular weight excluding hydrogens is 304 g/mol. The number of rotatable bonds is 5. The van der Waals surface area contributed by atoms with E-state index in [2.05, 4.69) is 9.97 Å². The maximum absolute atomic E-state index is 13.6. The Hall–Kier alpha value is -2.83. The summed E-state index contributed by atoms with van der Waals surface area (Å²) in [5, 5.41) is 8.78. The molecule has 118 valence electrons. The number of halogens is 2. The first-order chi connectivity index (χ1) is 11.1. The molecule has 0 unspecified atom stereocenters.